The highest BCUT2D eigenvalue weighted by Gasteiger charge is 2.17. The largest absolute Gasteiger partial charge is 0.494 e. The van der Waals surface area contributed by atoms with Gasteiger partial charge in [-0.05, 0) is 43.5 Å². The van der Waals surface area contributed by atoms with Crippen molar-refractivity contribution in [2.75, 3.05) is 6.61 Å². The van der Waals surface area contributed by atoms with E-state index in [0.29, 0.717) is 6.04 Å². The van der Waals surface area contributed by atoms with Gasteiger partial charge >= 0.3 is 0 Å². The van der Waals surface area contributed by atoms with Gasteiger partial charge < -0.3 is 10.1 Å². The molecule has 1 aromatic rings. The van der Waals surface area contributed by atoms with Crippen molar-refractivity contribution in [1.82, 2.24) is 5.32 Å². The molecule has 1 aliphatic carbocycles. The van der Waals surface area contributed by atoms with Crippen LogP contribution in [0.5, 0.6) is 5.75 Å². The first-order valence-corrected chi connectivity index (χ1v) is 7.83. The third-order valence-electron chi connectivity index (χ3n) is 3.82. The monoisotopic (exact) mass is 275 g/mol. The fraction of sp³-hybridized carbons (Fsp3) is 0.588. The highest BCUT2D eigenvalue weighted by atomic mass is 16.5. The maximum absolute atomic E-state index is 12.1. The Morgan fingerprint density at radius 3 is 2.55 bits per heavy atom. The van der Waals surface area contributed by atoms with Crippen molar-refractivity contribution < 1.29 is 9.53 Å². The first kappa shape index (κ1) is 14.9. The molecule has 0 saturated heterocycles. The van der Waals surface area contributed by atoms with Crippen molar-refractivity contribution in [3.8, 4) is 5.75 Å². The number of amides is 1. The predicted octanol–water partition coefficient (Wildman–Crippen LogP) is 3.93. The van der Waals surface area contributed by atoms with E-state index in [-0.39, 0.29) is 5.91 Å². The number of benzene rings is 1. The molecule has 3 nitrogen and oxygen atoms in total. The SMILES string of the molecule is CCCCCOc1ccc(C(=O)NC2CCCC2)cc1. The summed E-state index contributed by atoms with van der Waals surface area (Å²) in [5.74, 6) is 0.882. The number of hydrogen-bond donors (Lipinski definition) is 1. The molecule has 0 aliphatic heterocycles. The van der Waals surface area contributed by atoms with Gasteiger partial charge in [0, 0.05) is 11.6 Å². The number of ether oxygens (including phenoxy) is 1. The van der Waals surface area contributed by atoms with Gasteiger partial charge in [-0.2, -0.15) is 0 Å². The Hall–Kier alpha value is -1.51. The van der Waals surface area contributed by atoms with Gasteiger partial charge in [0.05, 0.1) is 6.61 Å². The zero-order chi connectivity index (χ0) is 14.2. The van der Waals surface area contributed by atoms with Gasteiger partial charge in [0.15, 0.2) is 0 Å². The molecule has 0 atom stereocenters. The van der Waals surface area contributed by atoms with Gasteiger partial charge in [-0.25, -0.2) is 0 Å². The molecule has 2 rings (SSSR count). The fourth-order valence-electron chi connectivity index (χ4n) is 2.58. The van der Waals surface area contributed by atoms with Gasteiger partial charge in [0.25, 0.3) is 5.91 Å². The highest BCUT2D eigenvalue weighted by Crippen LogP contribution is 2.19. The molecule has 1 N–H and O–H groups in total. The molecule has 0 unspecified atom stereocenters. The second-order valence-electron chi connectivity index (χ2n) is 5.53. The van der Waals surface area contributed by atoms with Crippen LogP contribution in [0, 0.1) is 0 Å². The molecule has 1 saturated carbocycles. The lowest BCUT2D eigenvalue weighted by Gasteiger charge is -2.12. The van der Waals surface area contributed by atoms with Crippen molar-refractivity contribution >= 4 is 5.91 Å². The van der Waals surface area contributed by atoms with Crippen LogP contribution in [0.25, 0.3) is 0 Å². The minimum atomic E-state index is 0.0365. The van der Waals surface area contributed by atoms with E-state index in [1.807, 2.05) is 24.3 Å². The maximum atomic E-state index is 12.1. The van der Waals surface area contributed by atoms with E-state index >= 15 is 0 Å². The lowest BCUT2D eigenvalue weighted by molar-refractivity contribution is 0.0938. The Labute approximate surface area is 121 Å². The lowest BCUT2D eigenvalue weighted by atomic mass is 10.1. The standard InChI is InChI=1S/C17H25NO2/c1-2-3-6-13-20-16-11-9-14(10-12-16)17(19)18-15-7-4-5-8-15/h9-12,15H,2-8,13H2,1H3,(H,18,19). The molecule has 0 bridgehead atoms. The molecular formula is C17H25NO2. The van der Waals surface area contributed by atoms with Crippen molar-refractivity contribution in [1.29, 1.82) is 0 Å². The summed E-state index contributed by atoms with van der Waals surface area (Å²) in [6.07, 6.45) is 8.17. The van der Waals surface area contributed by atoms with Crippen LogP contribution in [0.15, 0.2) is 24.3 Å². The molecule has 1 amide bonds. The van der Waals surface area contributed by atoms with Gasteiger partial charge in [0.2, 0.25) is 0 Å². The smallest absolute Gasteiger partial charge is 0.251 e. The van der Waals surface area contributed by atoms with Crippen molar-refractivity contribution in [2.45, 2.75) is 57.9 Å². The summed E-state index contributed by atoms with van der Waals surface area (Å²) in [6, 6.07) is 7.83. The summed E-state index contributed by atoms with van der Waals surface area (Å²) in [6.45, 7) is 2.93. The van der Waals surface area contributed by atoms with Gasteiger partial charge in [0.1, 0.15) is 5.75 Å². The van der Waals surface area contributed by atoms with Crippen LogP contribution < -0.4 is 10.1 Å². The average molecular weight is 275 g/mol. The molecule has 1 fully saturated rings. The van der Waals surface area contributed by atoms with E-state index in [1.165, 1.54) is 25.7 Å². The van der Waals surface area contributed by atoms with Crippen LogP contribution in [-0.2, 0) is 0 Å². The third-order valence-corrected chi connectivity index (χ3v) is 3.82. The van der Waals surface area contributed by atoms with Crippen molar-refractivity contribution in [2.24, 2.45) is 0 Å². The predicted molar refractivity (Wildman–Crippen MR) is 81.2 cm³/mol. The molecule has 0 aromatic heterocycles. The summed E-state index contributed by atoms with van der Waals surface area (Å²) in [5, 5.41) is 3.09. The van der Waals surface area contributed by atoms with Crippen molar-refractivity contribution in [3.05, 3.63) is 29.8 Å². The highest BCUT2D eigenvalue weighted by molar-refractivity contribution is 5.94. The topological polar surface area (TPSA) is 38.3 Å². The second kappa shape index (κ2) is 7.93. The Kier molecular flexibility index (Phi) is 5.90. The number of carbonyl (C=O) groups excluding carboxylic acids is 1. The van der Waals surface area contributed by atoms with E-state index in [4.69, 9.17) is 4.74 Å². The number of hydrogen-bond acceptors (Lipinski definition) is 2. The maximum Gasteiger partial charge on any atom is 0.251 e. The quantitative estimate of drug-likeness (QED) is 0.766. The van der Waals surface area contributed by atoms with E-state index < -0.39 is 0 Å². The summed E-state index contributed by atoms with van der Waals surface area (Å²) in [5.41, 5.74) is 0.720. The Bertz CT molecular complexity index is 408. The summed E-state index contributed by atoms with van der Waals surface area (Å²) < 4.78 is 5.64. The van der Waals surface area contributed by atoms with E-state index in [1.54, 1.807) is 0 Å². The Morgan fingerprint density at radius 2 is 1.90 bits per heavy atom. The van der Waals surface area contributed by atoms with E-state index in [0.717, 1.165) is 37.2 Å². The first-order valence-electron chi connectivity index (χ1n) is 7.83. The van der Waals surface area contributed by atoms with Crippen LogP contribution in [0.3, 0.4) is 0 Å². The number of unbranched alkanes of at least 4 members (excludes halogenated alkanes) is 2. The second-order valence-corrected chi connectivity index (χ2v) is 5.53. The van der Waals surface area contributed by atoms with Crippen LogP contribution in [0.4, 0.5) is 0 Å². The van der Waals surface area contributed by atoms with Gasteiger partial charge in [-0.15, -0.1) is 0 Å². The molecule has 1 aliphatic rings. The fourth-order valence-corrected chi connectivity index (χ4v) is 2.58. The summed E-state index contributed by atoms with van der Waals surface area (Å²) >= 11 is 0. The molecule has 0 radical (unpaired) electrons. The minimum Gasteiger partial charge on any atom is -0.494 e. The lowest BCUT2D eigenvalue weighted by Crippen LogP contribution is -2.32. The number of rotatable bonds is 7. The van der Waals surface area contributed by atoms with E-state index in [2.05, 4.69) is 12.2 Å². The van der Waals surface area contributed by atoms with Gasteiger partial charge in [-0.3, -0.25) is 4.79 Å². The zero-order valence-corrected chi connectivity index (χ0v) is 12.4. The van der Waals surface area contributed by atoms with Crippen LogP contribution in [0.2, 0.25) is 0 Å². The molecular weight excluding hydrogens is 250 g/mol. The van der Waals surface area contributed by atoms with E-state index in [9.17, 15) is 4.79 Å². The Balaban J connectivity index is 1.79. The zero-order valence-electron chi connectivity index (χ0n) is 12.4. The molecule has 110 valence electrons. The molecule has 0 spiro atoms. The third kappa shape index (κ3) is 4.55. The normalized spacial score (nSPS) is 15.2. The number of carbonyl (C=O) groups is 1. The minimum absolute atomic E-state index is 0.0365. The first-order chi connectivity index (χ1) is 9.79. The Morgan fingerprint density at radius 1 is 1.20 bits per heavy atom. The summed E-state index contributed by atoms with van der Waals surface area (Å²) in [7, 11) is 0. The van der Waals surface area contributed by atoms with Crippen LogP contribution in [-0.4, -0.2) is 18.6 Å². The summed E-state index contributed by atoms with van der Waals surface area (Å²) in [4.78, 5) is 12.1. The van der Waals surface area contributed by atoms with Crippen molar-refractivity contribution in [3.63, 3.8) is 0 Å². The molecule has 1 aromatic carbocycles. The number of nitrogens with one attached hydrogen (secondary N) is 1. The van der Waals surface area contributed by atoms with Crippen LogP contribution in [0.1, 0.15) is 62.2 Å². The molecule has 20 heavy (non-hydrogen) atoms. The van der Waals surface area contributed by atoms with Crippen LogP contribution >= 0.6 is 0 Å². The molecule has 0 heterocycles. The molecule has 3 heteroatoms. The van der Waals surface area contributed by atoms with Gasteiger partial charge in [-0.1, -0.05) is 32.6 Å². The average Bonchev–Trinajstić information content (AvgIpc) is 2.97.